The molecule has 0 aliphatic carbocycles. The van der Waals surface area contributed by atoms with Crippen LogP contribution in [0.4, 0.5) is 8.78 Å². The second kappa shape index (κ2) is 7.40. The minimum atomic E-state index is -0.861. The van der Waals surface area contributed by atoms with Gasteiger partial charge < -0.3 is 9.32 Å². The summed E-state index contributed by atoms with van der Waals surface area (Å²) in [5.74, 6) is -1.84. The molecule has 3 aromatic rings. The molecule has 1 amide bonds. The number of carbonyl (C=O) groups excluding carboxylic acids is 1. The molecule has 3 rings (SSSR count). The summed E-state index contributed by atoms with van der Waals surface area (Å²) in [4.78, 5) is 15.2. The average Bonchev–Trinajstić information content (AvgIpc) is 3.24. The lowest BCUT2D eigenvalue weighted by molar-refractivity contribution is 0.0724. The van der Waals surface area contributed by atoms with Crippen molar-refractivity contribution in [1.82, 2.24) is 4.90 Å². The zero-order valence-corrected chi connectivity index (χ0v) is 13.6. The zero-order chi connectivity index (χ0) is 16.9. The Morgan fingerprint density at radius 2 is 1.88 bits per heavy atom. The summed E-state index contributed by atoms with van der Waals surface area (Å²) in [5.41, 5.74) is -0.532. The fraction of sp³-hybridized carbons (Fsp3) is 0.167. The van der Waals surface area contributed by atoms with Gasteiger partial charge in [0.2, 0.25) is 0 Å². The van der Waals surface area contributed by atoms with E-state index in [0.717, 1.165) is 17.0 Å². The molecular formula is C18H15F2NO2S. The van der Waals surface area contributed by atoms with Crippen molar-refractivity contribution in [3.05, 3.63) is 81.9 Å². The Bertz CT molecular complexity index is 780. The summed E-state index contributed by atoms with van der Waals surface area (Å²) in [6.45, 7) is 0.499. The quantitative estimate of drug-likeness (QED) is 0.658. The fourth-order valence-electron chi connectivity index (χ4n) is 2.40. The topological polar surface area (TPSA) is 33.5 Å². The van der Waals surface area contributed by atoms with E-state index < -0.39 is 23.1 Å². The summed E-state index contributed by atoms with van der Waals surface area (Å²) in [7, 11) is 0. The van der Waals surface area contributed by atoms with Gasteiger partial charge in [0.1, 0.15) is 23.0 Å². The number of halogens is 2. The average molecular weight is 347 g/mol. The first-order valence-corrected chi connectivity index (χ1v) is 8.31. The summed E-state index contributed by atoms with van der Waals surface area (Å²) in [6, 6.07) is 10.7. The molecule has 0 fully saturated rings. The number of hydrogen-bond donors (Lipinski definition) is 0. The van der Waals surface area contributed by atoms with Crippen molar-refractivity contribution in [2.45, 2.75) is 13.0 Å². The van der Waals surface area contributed by atoms with Gasteiger partial charge in [0.25, 0.3) is 5.91 Å². The maximum atomic E-state index is 13.9. The third-order valence-electron chi connectivity index (χ3n) is 3.60. The van der Waals surface area contributed by atoms with Crippen LogP contribution in [-0.4, -0.2) is 17.4 Å². The number of amides is 1. The van der Waals surface area contributed by atoms with Gasteiger partial charge in [0.15, 0.2) is 0 Å². The monoisotopic (exact) mass is 347 g/mol. The molecule has 0 radical (unpaired) electrons. The molecule has 0 aliphatic rings. The van der Waals surface area contributed by atoms with Crippen molar-refractivity contribution in [3.63, 3.8) is 0 Å². The third kappa shape index (κ3) is 3.71. The molecule has 24 heavy (non-hydrogen) atoms. The molecule has 0 unspecified atom stereocenters. The molecule has 0 saturated heterocycles. The van der Waals surface area contributed by atoms with Crippen molar-refractivity contribution in [2.75, 3.05) is 6.54 Å². The van der Waals surface area contributed by atoms with Gasteiger partial charge in [0, 0.05) is 11.4 Å². The summed E-state index contributed by atoms with van der Waals surface area (Å²) < 4.78 is 33.2. The van der Waals surface area contributed by atoms with E-state index in [1.165, 1.54) is 17.2 Å². The van der Waals surface area contributed by atoms with E-state index in [1.54, 1.807) is 23.5 Å². The SMILES string of the molecule is O=C(c1c(F)cccc1F)N(CCc1cccs1)Cc1ccco1. The first-order valence-electron chi connectivity index (χ1n) is 7.43. The summed E-state index contributed by atoms with van der Waals surface area (Å²) in [5, 5.41) is 1.95. The molecule has 0 bridgehead atoms. The lowest BCUT2D eigenvalue weighted by Gasteiger charge is -2.22. The van der Waals surface area contributed by atoms with Crippen molar-refractivity contribution >= 4 is 17.2 Å². The maximum Gasteiger partial charge on any atom is 0.260 e. The molecule has 0 aliphatic heterocycles. The van der Waals surface area contributed by atoms with Gasteiger partial charge in [-0.15, -0.1) is 11.3 Å². The number of rotatable bonds is 6. The van der Waals surface area contributed by atoms with E-state index in [-0.39, 0.29) is 6.54 Å². The van der Waals surface area contributed by atoms with E-state index in [1.807, 2.05) is 17.5 Å². The van der Waals surface area contributed by atoms with Crippen LogP contribution in [0.3, 0.4) is 0 Å². The smallest absolute Gasteiger partial charge is 0.260 e. The predicted molar refractivity (Wildman–Crippen MR) is 87.8 cm³/mol. The van der Waals surface area contributed by atoms with Crippen LogP contribution in [0, 0.1) is 11.6 Å². The molecule has 6 heteroatoms. The van der Waals surface area contributed by atoms with Gasteiger partial charge in [-0.2, -0.15) is 0 Å². The Kier molecular flexibility index (Phi) is 5.05. The minimum Gasteiger partial charge on any atom is -0.467 e. The van der Waals surface area contributed by atoms with Crippen LogP contribution in [0.1, 0.15) is 21.0 Å². The Balaban J connectivity index is 1.83. The van der Waals surface area contributed by atoms with Gasteiger partial charge in [-0.05, 0) is 42.1 Å². The van der Waals surface area contributed by atoms with Gasteiger partial charge in [-0.1, -0.05) is 12.1 Å². The second-order valence-corrected chi connectivity index (χ2v) is 6.26. The van der Waals surface area contributed by atoms with E-state index in [4.69, 9.17) is 4.42 Å². The zero-order valence-electron chi connectivity index (χ0n) is 12.7. The first kappa shape index (κ1) is 16.4. The van der Waals surface area contributed by atoms with Gasteiger partial charge in [-0.3, -0.25) is 4.79 Å². The highest BCUT2D eigenvalue weighted by atomic mass is 32.1. The predicted octanol–water partition coefficient (Wildman–Crippen LogP) is 4.50. The molecular weight excluding hydrogens is 332 g/mol. The lowest BCUT2D eigenvalue weighted by Crippen LogP contribution is -2.33. The van der Waals surface area contributed by atoms with E-state index >= 15 is 0 Å². The maximum absolute atomic E-state index is 13.9. The number of furan rings is 1. The number of nitrogens with zero attached hydrogens (tertiary/aromatic N) is 1. The molecule has 2 heterocycles. The van der Waals surface area contributed by atoms with Gasteiger partial charge in [-0.25, -0.2) is 8.78 Å². The highest BCUT2D eigenvalue weighted by Crippen LogP contribution is 2.18. The highest BCUT2D eigenvalue weighted by molar-refractivity contribution is 7.09. The molecule has 0 saturated carbocycles. The Labute approximate surface area is 142 Å². The van der Waals surface area contributed by atoms with Crippen LogP contribution in [0.5, 0.6) is 0 Å². The lowest BCUT2D eigenvalue weighted by atomic mass is 10.1. The molecule has 3 nitrogen and oxygen atoms in total. The van der Waals surface area contributed by atoms with Crippen LogP contribution >= 0.6 is 11.3 Å². The number of hydrogen-bond acceptors (Lipinski definition) is 3. The van der Waals surface area contributed by atoms with Gasteiger partial charge >= 0.3 is 0 Å². The second-order valence-electron chi connectivity index (χ2n) is 5.23. The summed E-state index contributed by atoms with van der Waals surface area (Å²) in [6.07, 6.45) is 2.11. The highest BCUT2D eigenvalue weighted by Gasteiger charge is 2.23. The largest absolute Gasteiger partial charge is 0.467 e. The molecule has 0 N–H and O–H groups in total. The van der Waals surface area contributed by atoms with Crippen molar-refractivity contribution in [1.29, 1.82) is 0 Å². The van der Waals surface area contributed by atoms with Gasteiger partial charge in [0.05, 0.1) is 12.8 Å². The van der Waals surface area contributed by atoms with Crippen LogP contribution in [0.25, 0.3) is 0 Å². The Hall–Kier alpha value is -2.47. The van der Waals surface area contributed by atoms with Crippen LogP contribution in [-0.2, 0) is 13.0 Å². The molecule has 2 aromatic heterocycles. The summed E-state index contributed by atoms with van der Waals surface area (Å²) >= 11 is 1.58. The van der Waals surface area contributed by atoms with Crippen LogP contribution < -0.4 is 0 Å². The molecule has 1 aromatic carbocycles. The molecule has 124 valence electrons. The molecule has 0 atom stereocenters. The fourth-order valence-corrected chi connectivity index (χ4v) is 3.10. The van der Waals surface area contributed by atoms with Crippen LogP contribution in [0.15, 0.2) is 58.5 Å². The van der Waals surface area contributed by atoms with E-state index in [0.29, 0.717) is 18.7 Å². The van der Waals surface area contributed by atoms with Crippen molar-refractivity contribution < 1.29 is 18.0 Å². The minimum absolute atomic E-state index is 0.158. The standard InChI is InChI=1S/C18H15F2NO2S/c19-15-6-1-7-16(20)17(15)18(22)21(12-13-4-2-10-23-13)9-8-14-5-3-11-24-14/h1-7,10-11H,8-9,12H2. The van der Waals surface area contributed by atoms with E-state index in [2.05, 4.69) is 0 Å². The normalized spacial score (nSPS) is 10.8. The van der Waals surface area contributed by atoms with Crippen molar-refractivity contribution in [3.8, 4) is 0 Å². The third-order valence-corrected chi connectivity index (χ3v) is 4.54. The first-order chi connectivity index (χ1) is 11.6. The Morgan fingerprint density at radius 1 is 1.08 bits per heavy atom. The van der Waals surface area contributed by atoms with E-state index in [9.17, 15) is 13.6 Å². The molecule has 0 spiro atoms. The van der Waals surface area contributed by atoms with Crippen LogP contribution in [0.2, 0.25) is 0 Å². The Morgan fingerprint density at radius 3 is 2.50 bits per heavy atom. The van der Waals surface area contributed by atoms with Crippen molar-refractivity contribution in [2.24, 2.45) is 0 Å². The number of carbonyl (C=O) groups is 1. The number of thiophene rings is 1. The number of benzene rings is 1.